The fraction of sp³-hybridized carbons (Fsp3) is 0.600. The smallest absolute Gasteiger partial charge is 0.104 e. The maximum Gasteiger partial charge on any atom is 0.104 e. The Kier molecular flexibility index (Phi) is 1.72. The lowest BCUT2D eigenvalue weighted by atomic mass is 10.1. The molecule has 0 radical (unpaired) electrons. The van der Waals surface area contributed by atoms with Crippen LogP contribution >= 0.6 is 0 Å². The molecule has 2 heteroatoms. The van der Waals surface area contributed by atoms with Gasteiger partial charge in [0.15, 0.2) is 0 Å². The number of rotatable bonds is 3. The van der Waals surface area contributed by atoms with Crippen LogP contribution in [0, 0.1) is 6.92 Å². The molecule has 1 fully saturated rings. The first-order valence-corrected chi connectivity index (χ1v) is 4.46. The van der Waals surface area contributed by atoms with Crippen molar-refractivity contribution in [2.45, 2.75) is 38.2 Å². The van der Waals surface area contributed by atoms with Crippen molar-refractivity contribution in [3.63, 3.8) is 0 Å². The first kappa shape index (κ1) is 7.87. The van der Waals surface area contributed by atoms with Crippen molar-refractivity contribution in [2.24, 2.45) is 0 Å². The van der Waals surface area contributed by atoms with Gasteiger partial charge in [-0.3, -0.25) is 0 Å². The zero-order chi connectivity index (χ0) is 8.60. The van der Waals surface area contributed by atoms with Gasteiger partial charge in [-0.15, -0.1) is 0 Å². The Bertz CT molecular complexity index is 271. The topological polar surface area (TPSA) is 33.4 Å². The van der Waals surface area contributed by atoms with Crippen LogP contribution in [0.3, 0.4) is 0 Å². The largest absolute Gasteiger partial charge is 0.466 e. The van der Waals surface area contributed by atoms with Crippen LogP contribution in [-0.2, 0) is 6.42 Å². The Hall–Kier alpha value is -0.760. The van der Waals surface area contributed by atoms with E-state index in [9.17, 15) is 5.11 Å². The molecule has 1 saturated carbocycles. The summed E-state index contributed by atoms with van der Waals surface area (Å²) in [5.41, 5.74) is -0.347. The molecule has 12 heavy (non-hydrogen) atoms. The Morgan fingerprint density at radius 3 is 2.75 bits per heavy atom. The fourth-order valence-corrected chi connectivity index (χ4v) is 1.37. The average Bonchev–Trinajstić information content (AvgIpc) is 2.60. The van der Waals surface area contributed by atoms with E-state index >= 15 is 0 Å². The summed E-state index contributed by atoms with van der Waals surface area (Å²) in [6.07, 6.45) is 3.64. The van der Waals surface area contributed by atoms with E-state index in [0.29, 0.717) is 0 Å². The van der Waals surface area contributed by atoms with Gasteiger partial charge < -0.3 is 9.52 Å². The summed E-state index contributed by atoms with van der Waals surface area (Å²) >= 11 is 0. The van der Waals surface area contributed by atoms with Crippen LogP contribution in [0.25, 0.3) is 0 Å². The van der Waals surface area contributed by atoms with E-state index in [1.807, 2.05) is 19.1 Å². The summed E-state index contributed by atoms with van der Waals surface area (Å²) < 4.78 is 5.40. The molecule has 66 valence electrons. The molecule has 1 heterocycles. The van der Waals surface area contributed by atoms with Gasteiger partial charge in [0.25, 0.3) is 0 Å². The minimum absolute atomic E-state index is 0.347. The maximum atomic E-state index is 9.56. The molecule has 0 bridgehead atoms. The zero-order valence-electron chi connectivity index (χ0n) is 7.34. The standard InChI is InChI=1S/C10H14O2/c1-8-2-3-9(12-8)4-5-10(11)6-7-10/h2-3,11H,4-7H2,1H3. The van der Waals surface area contributed by atoms with Gasteiger partial charge in [-0.25, -0.2) is 0 Å². The molecule has 0 amide bonds. The molecule has 0 aliphatic heterocycles. The molecule has 0 saturated heterocycles. The molecule has 1 aliphatic carbocycles. The number of aliphatic hydroxyl groups is 1. The van der Waals surface area contributed by atoms with E-state index in [1.165, 1.54) is 0 Å². The van der Waals surface area contributed by atoms with E-state index in [0.717, 1.165) is 37.2 Å². The fourth-order valence-electron chi connectivity index (χ4n) is 1.37. The minimum atomic E-state index is -0.347. The van der Waals surface area contributed by atoms with Gasteiger partial charge in [-0.05, 0) is 38.3 Å². The maximum absolute atomic E-state index is 9.56. The summed E-state index contributed by atoms with van der Waals surface area (Å²) in [4.78, 5) is 0. The summed E-state index contributed by atoms with van der Waals surface area (Å²) in [6.45, 7) is 1.94. The number of hydrogen-bond acceptors (Lipinski definition) is 2. The Morgan fingerprint density at radius 2 is 2.25 bits per heavy atom. The second kappa shape index (κ2) is 2.63. The van der Waals surface area contributed by atoms with Crippen molar-refractivity contribution in [3.8, 4) is 0 Å². The van der Waals surface area contributed by atoms with Crippen LogP contribution in [0.15, 0.2) is 16.5 Å². The molecule has 0 atom stereocenters. The molecule has 0 unspecified atom stereocenters. The number of aryl methyl sites for hydroxylation is 2. The average molecular weight is 166 g/mol. The van der Waals surface area contributed by atoms with Crippen LogP contribution in [-0.4, -0.2) is 10.7 Å². The second-order valence-electron chi connectivity index (χ2n) is 3.74. The molecule has 2 rings (SSSR count). The summed E-state index contributed by atoms with van der Waals surface area (Å²) in [6, 6.07) is 3.95. The Balaban J connectivity index is 1.87. The molecule has 0 aromatic carbocycles. The lowest BCUT2D eigenvalue weighted by Gasteiger charge is -2.03. The minimum Gasteiger partial charge on any atom is -0.466 e. The third-order valence-electron chi connectivity index (χ3n) is 2.46. The van der Waals surface area contributed by atoms with Crippen molar-refractivity contribution in [2.75, 3.05) is 0 Å². The molecule has 1 aromatic rings. The van der Waals surface area contributed by atoms with Crippen LogP contribution < -0.4 is 0 Å². The number of hydrogen-bond donors (Lipinski definition) is 1. The Labute approximate surface area is 72.2 Å². The molecule has 2 nitrogen and oxygen atoms in total. The van der Waals surface area contributed by atoms with Crippen LogP contribution in [0.5, 0.6) is 0 Å². The molecule has 1 aliphatic rings. The van der Waals surface area contributed by atoms with Gasteiger partial charge in [0.1, 0.15) is 11.5 Å². The van der Waals surface area contributed by atoms with Crippen LogP contribution in [0.2, 0.25) is 0 Å². The van der Waals surface area contributed by atoms with Gasteiger partial charge >= 0.3 is 0 Å². The van der Waals surface area contributed by atoms with Crippen molar-refractivity contribution in [3.05, 3.63) is 23.7 Å². The van der Waals surface area contributed by atoms with Gasteiger partial charge in [-0.1, -0.05) is 0 Å². The highest BCUT2D eigenvalue weighted by molar-refractivity contribution is 5.07. The molecular formula is C10H14O2. The quantitative estimate of drug-likeness (QED) is 0.745. The van der Waals surface area contributed by atoms with Gasteiger partial charge in [-0.2, -0.15) is 0 Å². The lowest BCUT2D eigenvalue weighted by Crippen LogP contribution is -2.07. The van der Waals surface area contributed by atoms with Gasteiger partial charge in [0.2, 0.25) is 0 Å². The van der Waals surface area contributed by atoms with E-state index in [2.05, 4.69) is 0 Å². The third kappa shape index (κ3) is 1.69. The Morgan fingerprint density at radius 1 is 1.50 bits per heavy atom. The third-order valence-corrected chi connectivity index (χ3v) is 2.46. The summed E-state index contributed by atoms with van der Waals surface area (Å²) in [5, 5.41) is 9.56. The zero-order valence-corrected chi connectivity index (χ0v) is 7.34. The van der Waals surface area contributed by atoms with Crippen molar-refractivity contribution in [1.29, 1.82) is 0 Å². The summed E-state index contributed by atoms with van der Waals surface area (Å²) in [5.74, 6) is 1.95. The molecule has 0 spiro atoms. The highest BCUT2D eigenvalue weighted by atomic mass is 16.3. The van der Waals surface area contributed by atoms with Gasteiger partial charge in [0.05, 0.1) is 5.60 Å². The number of furan rings is 1. The first-order valence-electron chi connectivity index (χ1n) is 4.46. The van der Waals surface area contributed by atoms with Crippen LogP contribution in [0.4, 0.5) is 0 Å². The molecule has 1 N–H and O–H groups in total. The summed E-state index contributed by atoms with van der Waals surface area (Å²) in [7, 11) is 0. The van der Waals surface area contributed by atoms with E-state index in [4.69, 9.17) is 4.42 Å². The van der Waals surface area contributed by atoms with Crippen LogP contribution in [0.1, 0.15) is 30.8 Å². The van der Waals surface area contributed by atoms with E-state index < -0.39 is 0 Å². The first-order chi connectivity index (χ1) is 5.68. The second-order valence-corrected chi connectivity index (χ2v) is 3.74. The SMILES string of the molecule is Cc1ccc(CCC2(O)CC2)o1. The van der Waals surface area contributed by atoms with Gasteiger partial charge in [0, 0.05) is 6.42 Å². The van der Waals surface area contributed by atoms with E-state index in [-0.39, 0.29) is 5.60 Å². The highest BCUT2D eigenvalue weighted by Crippen LogP contribution is 2.39. The van der Waals surface area contributed by atoms with Crippen molar-refractivity contribution >= 4 is 0 Å². The van der Waals surface area contributed by atoms with Crippen molar-refractivity contribution in [1.82, 2.24) is 0 Å². The molecule has 1 aromatic heterocycles. The highest BCUT2D eigenvalue weighted by Gasteiger charge is 2.39. The van der Waals surface area contributed by atoms with Crippen molar-refractivity contribution < 1.29 is 9.52 Å². The van der Waals surface area contributed by atoms with E-state index in [1.54, 1.807) is 0 Å². The lowest BCUT2D eigenvalue weighted by molar-refractivity contribution is 0.138. The normalized spacial score (nSPS) is 19.5. The molecular weight excluding hydrogens is 152 g/mol. The predicted octanol–water partition coefficient (Wildman–Crippen LogP) is 2.05. The predicted molar refractivity (Wildman–Crippen MR) is 45.9 cm³/mol. The monoisotopic (exact) mass is 166 g/mol.